The highest BCUT2D eigenvalue weighted by atomic mass is 32.3. The topological polar surface area (TPSA) is 137 Å². The third kappa shape index (κ3) is 6.04. The van der Waals surface area contributed by atoms with E-state index in [9.17, 15) is 0 Å². The maximum Gasteiger partial charge on any atom is 0.394 e. The maximum absolute atomic E-state index is 8.74. The van der Waals surface area contributed by atoms with Crippen LogP contribution < -0.4 is 10.5 Å². The lowest BCUT2D eigenvalue weighted by Crippen LogP contribution is -2.37. The van der Waals surface area contributed by atoms with Gasteiger partial charge < -0.3 is 15.4 Å². The SMILES string of the molecule is N=C(N)N1CCOc2ccccc2C1.O=S(=O)(O)O. The minimum atomic E-state index is -4.67. The van der Waals surface area contributed by atoms with Crippen molar-refractivity contribution in [3.05, 3.63) is 29.8 Å². The number of hydrogen-bond acceptors (Lipinski definition) is 4. The van der Waals surface area contributed by atoms with Crippen LogP contribution in [0.15, 0.2) is 24.3 Å². The smallest absolute Gasteiger partial charge is 0.394 e. The van der Waals surface area contributed by atoms with E-state index in [4.69, 9.17) is 33.4 Å². The predicted octanol–water partition coefficient (Wildman–Crippen LogP) is 0.122. The number of fused-ring (bicyclic) bond motifs is 1. The Morgan fingerprint density at radius 3 is 2.53 bits per heavy atom. The summed E-state index contributed by atoms with van der Waals surface area (Å²) in [6.45, 7) is 1.91. The normalized spacial score (nSPS) is 14.3. The first-order valence-corrected chi connectivity index (χ1v) is 6.66. The minimum absolute atomic E-state index is 0.102. The molecule has 0 aliphatic carbocycles. The van der Waals surface area contributed by atoms with Gasteiger partial charge in [-0.15, -0.1) is 0 Å². The molecule has 8 nitrogen and oxygen atoms in total. The van der Waals surface area contributed by atoms with E-state index >= 15 is 0 Å². The van der Waals surface area contributed by atoms with Crippen LogP contribution in [0, 0.1) is 5.41 Å². The highest BCUT2D eigenvalue weighted by Gasteiger charge is 2.14. The Morgan fingerprint density at radius 2 is 1.95 bits per heavy atom. The number of benzene rings is 1. The number of ether oxygens (including phenoxy) is 1. The molecule has 1 aliphatic rings. The molecular formula is C10H15N3O5S. The van der Waals surface area contributed by atoms with Crippen LogP contribution in [0.1, 0.15) is 5.56 Å². The molecule has 1 aromatic rings. The molecule has 1 aliphatic heterocycles. The van der Waals surface area contributed by atoms with E-state index in [0.29, 0.717) is 19.7 Å². The van der Waals surface area contributed by atoms with Gasteiger partial charge >= 0.3 is 10.4 Å². The van der Waals surface area contributed by atoms with Crippen LogP contribution in [0.25, 0.3) is 0 Å². The molecular weight excluding hydrogens is 274 g/mol. The summed E-state index contributed by atoms with van der Waals surface area (Å²) in [5, 5.41) is 7.38. The Labute approximate surface area is 110 Å². The van der Waals surface area contributed by atoms with Gasteiger partial charge in [0.2, 0.25) is 0 Å². The minimum Gasteiger partial charge on any atom is -0.491 e. The molecule has 0 aromatic heterocycles. The molecule has 1 aromatic carbocycles. The molecule has 0 fully saturated rings. The summed E-state index contributed by atoms with van der Waals surface area (Å²) < 4.78 is 37.1. The number of para-hydroxylation sites is 1. The number of hydrogen-bond donors (Lipinski definition) is 4. The molecule has 0 atom stereocenters. The molecule has 1 heterocycles. The van der Waals surface area contributed by atoms with E-state index in [2.05, 4.69) is 0 Å². The Kier molecular flexibility index (Phi) is 5.10. The first-order valence-electron chi connectivity index (χ1n) is 5.27. The summed E-state index contributed by atoms with van der Waals surface area (Å²) in [6, 6.07) is 7.85. The van der Waals surface area contributed by atoms with Crippen molar-refractivity contribution in [2.45, 2.75) is 6.54 Å². The molecule has 19 heavy (non-hydrogen) atoms. The largest absolute Gasteiger partial charge is 0.491 e. The molecule has 0 saturated heterocycles. The number of rotatable bonds is 0. The van der Waals surface area contributed by atoms with Gasteiger partial charge in [0.1, 0.15) is 12.4 Å². The van der Waals surface area contributed by atoms with Gasteiger partial charge in [-0.1, -0.05) is 18.2 Å². The summed E-state index contributed by atoms with van der Waals surface area (Å²) in [5.41, 5.74) is 6.53. The van der Waals surface area contributed by atoms with Gasteiger partial charge in [-0.05, 0) is 6.07 Å². The van der Waals surface area contributed by atoms with E-state index in [-0.39, 0.29) is 5.96 Å². The number of nitrogens with zero attached hydrogens (tertiary/aromatic N) is 1. The number of nitrogens with two attached hydrogens (primary N) is 1. The number of guanidine groups is 1. The Balaban J connectivity index is 0.000000312. The van der Waals surface area contributed by atoms with Gasteiger partial charge in [0.25, 0.3) is 0 Å². The molecule has 2 rings (SSSR count). The molecule has 106 valence electrons. The molecule has 9 heteroatoms. The van der Waals surface area contributed by atoms with Crippen molar-refractivity contribution in [2.75, 3.05) is 13.2 Å². The fourth-order valence-corrected chi connectivity index (χ4v) is 1.53. The predicted molar refractivity (Wildman–Crippen MR) is 68.4 cm³/mol. The lowest BCUT2D eigenvalue weighted by Gasteiger charge is -2.18. The highest BCUT2D eigenvalue weighted by Crippen LogP contribution is 2.21. The third-order valence-corrected chi connectivity index (χ3v) is 2.29. The summed E-state index contributed by atoms with van der Waals surface area (Å²) in [5.74, 6) is 1.00. The first-order chi connectivity index (χ1) is 8.77. The molecule has 0 unspecified atom stereocenters. The maximum atomic E-state index is 8.74. The molecule has 0 spiro atoms. The van der Waals surface area contributed by atoms with Crippen LogP contribution in [0.3, 0.4) is 0 Å². The zero-order valence-corrected chi connectivity index (χ0v) is 10.8. The zero-order chi connectivity index (χ0) is 14.5. The van der Waals surface area contributed by atoms with Crippen molar-refractivity contribution in [1.29, 1.82) is 5.41 Å². The van der Waals surface area contributed by atoms with E-state index in [1.54, 1.807) is 4.90 Å². The lowest BCUT2D eigenvalue weighted by molar-refractivity contribution is 0.288. The highest BCUT2D eigenvalue weighted by molar-refractivity contribution is 7.79. The van der Waals surface area contributed by atoms with Crippen LogP contribution in [-0.2, 0) is 16.9 Å². The fraction of sp³-hybridized carbons (Fsp3) is 0.300. The van der Waals surface area contributed by atoms with E-state index in [1.807, 2.05) is 24.3 Å². The molecule has 0 radical (unpaired) electrons. The average molecular weight is 289 g/mol. The standard InChI is InChI=1S/C10H13N3O.H2O4S/c11-10(12)13-5-6-14-9-4-2-1-3-8(9)7-13;1-5(2,3)4/h1-4H,5-7H2,(H3,11,12);(H2,1,2,3,4). The second-order valence-corrected chi connectivity index (χ2v) is 4.61. The number of nitrogens with one attached hydrogen (secondary N) is 1. The van der Waals surface area contributed by atoms with Gasteiger partial charge in [0.15, 0.2) is 5.96 Å². The second-order valence-electron chi connectivity index (χ2n) is 3.71. The van der Waals surface area contributed by atoms with Crippen molar-refractivity contribution in [3.8, 4) is 5.75 Å². The summed E-state index contributed by atoms with van der Waals surface area (Å²) in [7, 11) is -4.67. The van der Waals surface area contributed by atoms with Crippen molar-refractivity contribution in [2.24, 2.45) is 5.73 Å². The quantitative estimate of drug-likeness (QED) is 0.302. The van der Waals surface area contributed by atoms with E-state index in [0.717, 1.165) is 11.3 Å². The van der Waals surface area contributed by atoms with Crippen LogP contribution in [0.2, 0.25) is 0 Å². The Hall–Kier alpha value is -1.84. The van der Waals surface area contributed by atoms with Crippen LogP contribution in [0.5, 0.6) is 5.75 Å². The Bertz CT molecular complexity index is 538. The lowest BCUT2D eigenvalue weighted by atomic mass is 10.2. The Morgan fingerprint density at radius 1 is 1.37 bits per heavy atom. The van der Waals surface area contributed by atoms with E-state index < -0.39 is 10.4 Å². The molecule has 0 amide bonds. The molecule has 0 bridgehead atoms. The average Bonchev–Trinajstić information content (AvgIpc) is 2.48. The summed E-state index contributed by atoms with van der Waals surface area (Å²) in [6.07, 6.45) is 0. The van der Waals surface area contributed by atoms with Crippen molar-refractivity contribution in [3.63, 3.8) is 0 Å². The van der Waals surface area contributed by atoms with Crippen molar-refractivity contribution in [1.82, 2.24) is 4.90 Å². The van der Waals surface area contributed by atoms with Crippen LogP contribution in [-0.4, -0.2) is 41.5 Å². The fourth-order valence-electron chi connectivity index (χ4n) is 1.53. The van der Waals surface area contributed by atoms with Gasteiger partial charge in [-0.3, -0.25) is 14.5 Å². The zero-order valence-electron chi connectivity index (χ0n) is 9.98. The second kappa shape index (κ2) is 6.36. The monoisotopic (exact) mass is 289 g/mol. The summed E-state index contributed by atoms with van der Waals surface area (Å²) >= 11 is 0. The van der Waals surface area contributed by atoms with Crippen LogP contribution >= 0.6 is 0 Å². The van der Waals surface area contributed by atoms with Gasteiger partial charge in [-0.2, -0.15) is 8.42 Å². The van der Waals surface area contributed by atoms with Gasteiger partial charge in [-0.25, -0.2) is 0 Å². The van der Waals surface area contributed by atoms with Crippen molar-refractivity contribution < 1.29 is 22.3 Å². The van der Waals surface area contributed by atoms with Gasteiger partial charge in [0.05, 0.1) is 6.54 Å². The van der Waals surface area contributed by atoms with E-state index in [1.165, 1.54) is 0 Å². The van der Waals surface area contributed by atoms with Crippen molar-refractivity contribution >= 4 is 16.4 Å². The van der Waals surface area contributed by atoms with Crippen LogP contribution in [0.4, 0.5) is 0 Å². The molecule has 5 N–H and O–H groups in total. The molecule has 0 saturated carbocycles. The summed E-state index contributed by atoms with van der Waals surface area (Å²) in [4.78, 5) is 1.80. The van der Waals surface area contributed by atoms with Gasteiger partial charge in [0, 0.05) is 12.1 Å². The third-order valence-electron chi connectivity index (χ3n) is 2.29. The first kappa shape index (κ1) is 15.2.